The zero-order valence-electron chi connectivity index (χ0n) is 26.3. The number of benzene rings is 1. The average molecular weight is 609 g/mol. The lowest BCUT2D eigenvalue weighted by atomic mass is 9.94. The van der Waals surface area contributed by atoms with Crippen molar-refractivity contribution in [3.63, 3.8) is 0 Å². The van der Waals surface area contributed by atoms with Gasteiger partial charge in [0.05, 0.1) is 17.1 Å². The highest BCUT2D eigenvalue weighted by molar-refractivity contribution is 6.36. The van der Waals surface area contributed by atoms with Gasteiger partial charge in [-0.25, -0.2) is 4.98 Å². The summed E-state index contributed by atoms with van der Waals surface area (Å²) in [5, 5.41) is 3.47. The summed E-state index contributed by atoms with van der Waals surface area (Å²) in [5.74, 6) is 0.861. The fourth-order valence-corrected chi connectivity index (χ4v) is 6.14. The normalized spacial score (nSPS) is 17.8. The number of amides is 2. The van der Waals surface area contributed by atoms with E-state index >= 15 is 0 Å². The van der Waals surface area contributed by atoms with Crippen LogP contribution in [0.1, 0.15) is 75.0 Å². The number of anilines is 1. The predicted molar refractivity (Wildman–Crippen MR) is 173 cm³/mol. The van der Waals surface area contributed by atoms with Crippen molar-refractivity contribution in [2.24, 2.45) is 5.92 Å². The number of hydrogen-bond donors (Lipinski definition) is 1. The summed E-state index contributed by atoms with van der Waals surface area (Å²) in [4.78, 5) is 39.1. The van der Waals surface area contributed by atoms with E-state index in [-0.39, 0.29) is 24.0 Å². The first-order valence-electron chi connectivity index (χ1n) is 15.2. The minimum Gasteiger partial charge on any atom is -0.489 e. The van der Waals surface area contributed by atoms with Crippen molar-refractivity contribution in [2.75, 3.05) is 32.5 Å². The fraction of sp³-hybridized carbons (Fsp3) is 0.515. The number of ether oxygens (including phenoxy) is 1. The van der Waals surface area contributed by atoms with E-state index in [2.05, 4.69) is 56.6 Å². The number of pyridine rings is 1. The number of fused-ring (bicyclic) bond motifs is 1. The maximum Gasteiger partial charge on any atom is 0.258 e. The zero-order valence-corrected chi connectivity index (χ0v) is 27.0. The molecular formula is C33H45ClN6O3. The first-order chi connectivity index (χ1) is 20.5. The molecule has 2 amide bonds. The van der Waals surface area contributed by atoms with Crippen LogP contribution in [0.15, 0.2) is 43.1 Å². The number of carbonyl (C=O) groups is 2. The topological polar surface area (TPSA) is 92.6 Å². The molecule has 1 saturated heterocycles. The van der Waals surface area contributed by atoms with Gasteiger partial charge in [0.25, 0.3) is 5.91 Å². The Balaban J connectivity index is 1.77. The highest BCUT2D eigenvalue weighted by Gasteiger charge is 2.29. The molecule has 4 rings (SSSR count). The first-order valence-corrected chi connectivity index (χ1v) is 15.6. The number of aryl methyl sites for hydroxylation is 1. The van der Waals surface area contributed by atoms with Crippen LogP contribution in [-0.2, 0) is 4.79 Å². The molecule has 1 aliphatic rings. The molecule has 1 N–H and O–H groups in total. The van der Waals surface area contributed by atoms with Gasteiger partial charge < -0.3 is 19.1 Å². The van der Waals surface area contributed by atoms with E-state index in [1.807, 2.05) is 28.5 Å². The number of halogens is 1. The molecule has 2 aromatic heterocycles. The lowest BCUT2D eigenvalue weighted by Crippen LogP contribution is -2.34. The Morgan fingerprint density at radius 1 is 1.26 bits per heavy atom. The molecule has 1 aromatic carbocycles. The number of nitrogens with one attached hydrogen (secondary N) is 1. The third kappa shape index (κ3) is 7.57. The van der Waals surface area contributed by atoms with Crippen molar-refractivity contribution >= 4 is 40.4 Å². The Morgan fingerprint density at radius 2 is 2.02 bits per heavy atom. The lowest BCUT2D eigenvalue weighted by molar-refractivity contribution is -0.126. The highest BCUT2D eigenvalue weighted by Crippen LogP contribution is 2.39. The van der Waals surface area contributed by atoms with Crippen LogP contribution >= 0.6 is 11.6 Å². The second-order valence-electron chi connectivity index (χ2n) is 11.9. The third-order valence-electron chi connectivity index (χ3n) is 8.55. The number of nitrogens with zero attached hydrogens (tertiary/aromatic N) is 5. The second-order valence-corrected chi connectivity index (χ2v) is 12.3. The van der Waals surface area contributed by atoms with Gasteiger partial charge in [-0.3, -0.25) is 19.9 Å². The molecule has 43 heavy (non-hydrogen) atoms. The second kappa shape index (κ2) is 14.4. The number of imidazole rings is 1. The van der Waals surface area contributed by atoms with Gasteiger partial charge in [0, 0.05) is 36.6 Å². The number of aromatic nitrogens is 3. The molecule has 0 saturated carbocycles. The number of rotatable bonds is 11. The van der Waals surface area contributed by atoms with Gasteiger partial charge in [0.15, 0.2) is 0 Å². The maximum atomic E-state index is 13.4. The van der Waals surface area contributed by atoms with E-state index < -0.39 is 0 Å². The zero-order chi connectivity index (χ0) is 31.3. The number of likely N-dealkylation sites (tertiary alicyclic amines) is 1. The van der Waals surface area contributed by atoms with Crippen molar-refractivity contribution in [3.8, 4) is 5.75 Å². The summed E-state index contributed by atoms with van der Waals surface area (Å²) < 4.78 is 8.59. The molecule has 4 atom stereocenters. The van der Waals surface area contributed by atoms with E-state index in [9.17, 15) is 9.59 Å². The van der Waals surface area contributed by atoms with Gasteiger partial charge >= 0.3 is 0 Å². The SMILES string of the molecule is C=CC(=O)N1CCCC[C@@H](n2c(NC(=O)c3ccnc(C)c3)nc3ccc(O[C@H](CC)C(C)C[C@@H](C)N(C)C)c(Cl)c32)C1. The fourth-order valence-electron chi connectivity index (χ4n) is 5.85. The summed E-state index contributed by atoms with van der Waals surface area (Å²) in [6, 6.07) is 7.42. The predicted octanol–water partition coefficient (Wildman–Crippen LogP) is 6.52. The van der Waals surface area contributed by atoms with Crippen LogP contribution in [0, 0.1) is 12.8 Å². The van der Waals surface area contributed by atoms with Crippen LogP contribution in [0.25, 0.3) is 11.0 Å². The molecule has 0 spiro atoms. The van der Waals surface area contributed by atoms with Gasteiger partial charge in [0.2, 0.25) is 11.9 Å². The molecule has 1 aliphatic heterocycles. The van der Waals surface area contributed by atoms with Crippen molar-refractivity contribution in [1.82, 2.24) is 24.3 Å². The van der Waals surface area contributed by atoms with Crippen molar-refractivity contribution in [2.45, 2.75) is 78.0 Å². The van der Waals surface area contributed by atoms with E-state index in [4.69, 9.17) is 21.3 Å². The lowest BCUT2D eigenvalue weighted by Gasteiger charge is -2.29. The van der Waals surface area contributed by atoms with E-state index in [0.29, 0.717) is 58.4 Å². The van der Waals surface area contributed by atoms with Crippen LogP contribution in [0.3, 0.4) is 0 Å². The first kappa shape index (κ1) is 32.5. The Kier molecular flexibility index (Phi) is 10.8. The van der Waals surface area contributed by atoms with Crippen molar-refractivity contribution in [3.05, 3.63) is 59.4 Å². The quantitative estimate of drug-likeness (QED) is 0.249. The van der Waals surface area contributed by atoms with Crippen LogP contribution < -0.4 is 10.1 Å². The number of carbonyl (C=O) groups excluding carboxylic acids is 2. The summed E-state index contributed by atoms with van der Waals surface area (Å²) in [6.07, 6.45) is 7.35. The summed E-state index contributed by atoms with van der Waals surface area (Å²) in [5.41, 5.74) is 2.56. The molecule has 9 nitrogen and oxygen atoms in total. The monoisotopic (exact) mass is 608 g/mol. The Morgan fingerprint density at radius 3 is 2.70 bits per heavy atom. The van der Waals surface area contributed by atoms with E-state index in [0.717, 1.165) is 37.8 Å². The molecule has 1 unspecified atom stereocenters. The average Bonchev–Trinajstić information content (AvgIpc) is 3.17. The summed E-state index contributed by atoms with van der Waals surface area (Å²) >= 11 is 7.17. The van der Waals surface area contributed by atoms with Gasteiger partial charge in [-0.15, -0.1) is 0 Å². The van der Waals surface area contributed by atoms with Gasteiger partial charge in [-0.05, 0) is 96.3 Å². The molecule has 232 valence electrons. The largest absolute Gasteiger partial charge is 0.489 e. The van der Waals surface area contributed by atoms with Gasteiger partial charge in [0.1, 0.15) is 16.9 Å². The Hall–Kier alpha value is -3.43. The molecule has 3 aromatic rings. The van der Waals surface area contributed by atoms with Gasteiger partial charge in [-0.2, -0.15) is 0 Å². The summed E-state index contributed by atoms with van der Waals surface area (Å²) in [6.45, 7) is 13.2. The molecule has 0 aliphatic carbocycles. The van der Waals surface area contributed by atoms with E-state index in [1.165, 1.54) is 6.08 Å². The van der Waals surface area contributed by atoms with Gasteiger partial charge in [-0.1, -0.05) is 32.0 Å². The Labute approximate surface area is 260 Å². The molecule has 0 radical (unpaired) electrons. The van der Waals surface area contributed by atoms with Crippen LogP contribution in [-0.4, -0.2) is 75.5 Å². The minimum absolute atomic E-state index is 0.0265. The molecule has 0 bridgehead atoms. The maximum absolute atomic E-state index is 13.4. The third-order valence-corrected chi connectivity index (χ3v) is 8.91. The Bertz CT molecular complexity index is 1450. The van der Waals surface area contributed by atoms with Crippen molar-refractivity contribution in [1.29, 1.82) is 0 Å². The summed E-state index contributed by atoms with van der Waals surface area (Å²) in [7, 11) is 4.18. The molecule has 1 fully saturated rings. The van der Waals surface area contributed by atoms with Crippen LogP contribution in [0.2, 0.25) is 5.02 Å². The molecular weight excluding hydrogens is 564 g/mol. The van der Waals surface area contributed by atoms with Crippen molar-refractivity contribution < 1.29 is 14.3 Å². The van der Waals surface area contributed by atoms with Crippen LogP contribution in [0.4, 0.5) is 5.95 Å². The molecule has 3 heterocycles. The van der Waals surface area contributed by atoms with E-state index in [1.54, 1.807) is 18.3 Å². The number of hydrogen-bond acceptors (Lipinski definition) is 6. The molecule has 10 heteroatoms. The minimum atomic E-state index is -0.294. The van der Waals surface area contributed by atoms with Crippen LogP contribution in [0.5, 0.6) is 5.75 Å². The highest BCUT2D eigenvalue weighted by atomic mass is 35.5. The smallest absolute Gasteiger partial charge is 0.258 e. The standard InChI is InChI=1S/C33H45ClN6O3/c1-8-27(21(3)18-23(5)38(6)7)43-28-14-13-26-31(30(28)34)40(25-12-10-11-17-39(20-25)29(41)9-2)33(36-26)37-32(42)24-15-16-35-22(4)19-24/h9,13-16,19,21,23,25,27H,2,8,10-12,17-18,20H2,1,3-7H3,(H,36,37,42)/t21?,23-,25-,27-/m1/s1.